The molecule has 3 rings (SSSR count). The Kier molecular flexibility index (Phi) is 5.74. The first kappa shape index (κ1) is 17.5. The lowest BCUT2D eigenvalue weighted by Gasteiger charge is -2.32. The number of hydrogen-bond acceptors (Lipinski definition) is 2. The van der Waals surface area contributed by atoms with E-state index in [1.54, 1.807) is 0 Å². The average Bonchev–Trinajstić information content (AvgIpc) is 3.04. The highest BCUT2D eigenvalue weighted by molar-refractivity contribution is 5.82. The molecule has 5 heteroatoms. The third-order valence-corrected chi connectivity index (χ3v) is 4.89. The van der Waals surface area contributed by atoms with Gasteiger partial charge in [0.1, 0.15) is 0 Å². The minimum atomic E-state index is -0.0720. The van der Waals surface area contributed by atoms with Crippen molar-refractivity contribution in [3.63, 3.8) is 0 Å². The van der Waals surface area contributed by atoms with Crippen molar-refractivity contribution in [1.29, 1.82) is 0 Å². The van der Waals surface area contributed by atoms with Crippen molar-refractivity contribution in [3.05, 3.63) is 36.0 Å². The maximum absolute atomic E-state index is 12.4. The zero-order valence-electron chi connectivity index (χ0n) is 14.9. The van der Waals surface area contributed by atoms with E-state index < -0.39 is 0 Å². The Hall–Kier alpha value is -2.30. The number of fused-ring (bicyclic) bond motifs is 1. The van der Waals surface area contributed by atoms with Gasteiger partial charge < -0.3 is 15.2 Å². The molecule has 5 nitrogen and oxygen atoms in total. The Labute approximate surface area is 148 Å². The predicted molar refractivity (Wildman–Crippen MR) is 99.2 cm³/mol. The summed E-state index contributed by atoms with van der Waals surface area (Å²) in [6, 6.07) is 10.3. The van der Waals surface area contributed by atoms with Gasteiger partial charge in [0.15, 0.2) is 0 Å². The molecule has 134 valence electrons. The Morgan fingerprint density at radius 2 is 2.16 bits per heavy atom. The number of H-pyrrole nitrogens is 1. The van der Waals surface area contributed by atoms with Gasteiger partial charge in [-0.1, -0.05) is 25.1 Å². The van der Waals surface area contributed by atoms with E-state index in [1.165, 1.54) is 5.39 Å². The Morgan fingerprint density at radius 3 is 2.96 bits per heavy atom. The lowest BCUT2D eigenvalue weighted by molar-refractivity contribution is -0.135. The minimum Gasteiger partial charge on any atom is -0.358 e. The van der Waals surface area contributed by atoms with Crippen LogP contribution in [0.2, 0.25) is 0 Å². The standard InChI is InChI=1S/C20H27N3O2/c1-2-6-19(24)23-12-5-8-16(14-23)20(25)21-11-10-17-13-15-7-3-4-9-18(15)22-17/h3-4,7,9,13,16,22H,2,5-6,8,10-12,14H2,1H3,(H,21,25). The molecule has 1 fully saturated rings. The summed E-state index contributed by atoms with van der Waals surface area (Å²) in [5.74, 6) is 0.181. The molecule has 25 heavy (non-hydrogen) atoms. The molecule has 1 aliphatic heterocycles. The van der Waals surface area contributed by atoms with Gasteiger partial charge >= 0.3 is 0 Å². The number of aromatic amines is 1. The molecular weight excluding hydrogens is 314 g/mol. The zero-order valence-corrected chi connectivity index (χ0v) is 14.9. The number of nitrogens with one attached hydrogen (secondary N) is 2. The van der Waals surface area contributed by atoms with Gasteiger partial charge in [0, 0.05) is 43.7 Å². The summed E-state index contributed by atoms with van der Waals surface area (Å²) >= 11 is 0. The number of rotatable bonds is 6. The molecule has 0 spiro atoms. The third kappa shape index (κ3) is 4.41. The summed E-state index contributed by atoms with van der Waals surface area (Å²) in [7, 11) is 0. The summed E-state index contributed by atoms with van der Waals surface area (Å²) in [6.07, 6.45) is 4.00. The van der Waals surface area contributed by atoms with Gasteiger partial charge in [-0.05, 0) is 36.8 Å². The van der Waals surface area contributed by atoms with Crippen molar-refractivity contribution >= 4 is 22.7 Å². The van der Waals surface area contributed by atoms with Gasteiger partial charge in [-0.15, -0.1) is 0 Å². The highest BCUT2D eigenvalue weighted by Gasteiger charge is 2.27. The minimum absolute atomic E-state index is 0.0720. The Morgan fingerprint density at radius 1 is 1.32 bits per heavy atom. The average molecular weight is 341 g/mol. The third-order valence-electron chi connectivity index (χ3n) is 4.89. The highest BCUT2D eigenvalue weighted by Crippen LogP contribution is 2.18. The van der Waals surface area contributed by atoms with Crippen molar-refractivity contribution in [2.24, 2.45) is 5.92 Å². The molecule has 2 heterocycles. The van der Waals surface area contributed by atoms with E-state index in [0.717, 1.165) is 43.4 Å². The second-order valence-corrected chi connectivity index (χ2v) is 6.85. The van der Waals surface area contributed by atoms with Crippen LogP contribution in [0.15, 0.2) is 30.3 Å². The van der Waals surface area contributed by atoms with E-state index in [4.69, 9.17) is 0 Å². The van der Waals surface area contributed by atoms with Crippen LogP contribution >= 0.6 is 0 Å². The summed E-state index contributed by atoms with van der Waals surface area (Å²) < 4.78 is 0. The van der Waals surface area contributed by atoms with Crippen LogP contribution in [0.25, 0.3) is 10.9 Å². The number of carbonyl (C=O) groups excluding carboxylic acids is 2. The molecule has 0 saturated carbocycles. The Balaban J connectivity index is 1.47. The Bertz CT molecular complexity index is 704. The number of benzene rings is 1. The lowest BCUT2D eigenvalue weighted by atomic mass is 9.96. The fraction of sp³-hybridized carbons (Fsp3) is 0.500. The van der Waals surface area contributed by atoms with Gasteiger partial charge in [0.2, 0.25) is 11.8 Å². The molecule has 0 aliphatic carbocycles. The normalized spacial score (nSPS) is 17.6. The molecule has 2 N–H and O–H groups in total. The molecule has 1 atom stereocenters. The van der Waals surface area contributed by atoms with Crippen molar-refractivity contribution in [2.45, 2.75) is 39.0 Å². The number of para-hydroxylation sites is 1. The van der Waals surface area contributed by atoms with E-state index in [-0.39, 0.29) is 17.7 Å². The van der Waals surface area contributed by atoms with Crippen molar-refractivity contribution < 1.29 is 9.59 Å². The van der Waals surface area contributed by atoms with Gasteiger partial charge in [0.05, 0.1) is 5.92 Å². The highest BCUT2D eigenvalue weighted by atomic mass is 16.2. The largest absolute Gasteiger partial charge is 0.358 e. The topological polar surface area (TPSA) is 65.2 Å². The fourth-order valence-corrected chi connectivity index (χ4v) is 3.52. The molecule has 1 saturated heterocycles. The van der Waals surface area contributed by atoms with E-state index in [1.807, 2.05) is 24.0 Å². The number of carbonyl (C=O) groups is 2. The first-order valence-corrected chi connectivity index (χ1v) is 9.29. The quantitative estimate of drug-likeness (QED) is 0.848. The molecule has 1 aromatic heterocycles. The number of amides is 2. The van der Waals surface area contributed by atoms with Crippen LogP contribution in [0.1, 0.15) is 38.3 Å². The molecule has 1 aliphatic rings. The molecule has 2 amide bonds. The number of hydrogen-bond donors (Lipinski definition) is 2. The summed E-state index contributed by atoms with van der Waals surface area (Å²) in [5.41, 5.74) is 2.26. The number of aromatic nitrogens is 1. The van der Waals surface area contributed by atoms with Crippen LogP contribution in [0, 0.1) is 5.92 Å². The fourth-order valence-electron chi connectivity index (χ4n) is 3.52. The number of likely N-dealkylation sites (tertiary alicyclic amines) is 1. The lowest BCUT2D eigenvalue weighted by Crippen LogP contribution is -2.45. The zero-order chi connectivity index (χ0) is 17.6. The molecule has 1 unspecified atom stereocenters. The van der Waals surface area contributed by atoms with E-state index in [2.05, 4.69) is 28.5 Å². The van der Waals surface area contributed by atoms with Crippen LogP contribution in [-0.2, 0) is 16.0 Å². The SMILES string of the molecule is CCCC(=O)N1CCCC(C(=O)NCCc2cc3ccccc3[nH]2)C1. The summed E-state index contributed by atoms with van der Waals surface area (Å²) in [4.78, 5) is 29.7. The van der Waals surface area contributed by atoms with Gasteiger partial charge in [-0.25, -0.2) is 0 Å². The van der Waals surface area contributed by atoms with E-state index in [9.17, 15) is 9.59 Å². The molecule has 2 aromatic rings. The smallest absolute Gasteiger partial charge is 0.224 e. The second-order valence-electron chi connectivity index (χ2n) is 6.85. The maximum atomic E-state index is 12.4. The molecule has 0 radical (unpaired) electrons. The molecule has 0 bridgehead atoms. The summed E-state index contributed by atoms with van der Waals surface area (Å²) in [5, 5.41) is 4.24. The maximum Gasteiger partial charge on any atom is 0.224 e. The van der Waals surface area contributed by atoms with Crippen LogP contribution in [-0.4, -0.2) is 41.3 Å². The van der Waals surface area contributed by atoms with Crippen LogP contribution in [0.3, 0.4) is 0 Å². The predicted octanol–water partition coefficient (Wildman–Crippen LogP) is 2.87. The van der Waals surface area contributed by atoms with Gasteiger partial charge in [-0.2, -0.15) is 0 Å². The first-order chi connectivity index (χ1) is 12.2. The van der Waals surface area contributed by atoms with Crippen LogP contribution in [0.4, 0.5) is 0 Å². The monoisotopic (exact) mass is 341 g/mol. The van der Waals surface area contributed by atoms with E-state index >= 15 is 0 Å². The van der Waals surface area contributed by atoms with E-state index in [0.29, 0.717) is 19.5 Å². The van der Waals surface area contributed by atoms with Crippen molar-refractivity contribution in [1.82, 2.24) is 15.2 Å². The first-order valence-electron chi connectivity index (χ1n) is 9.29. The summed E-state index contributed by atoms with van der Waals surface area (Å²) in [6.45, 7) is 3.98. The van der Waals surface area contributed by atoms with Gasteiger partial charge in [-0.3, -0.25) is 9.59 Å². The number of piperidine rings is 1. The van der Waals surface area contributed by atoms with Gasteiger partial charge in [0.25, 0.3) is 0 Å². The molecule has 1 aromatic carbocycles. The van der Waals surface area contributed by atoms with Crippen molar-refractivity contribution in [2.75, 3.05) is 19.6 Å². The second kappa shape index (κ2) is 8.19. The van der Waals surface area contributed by atoms with Crippen molar-refractivity contribution in [3.8, 4) is 0 Å². The molecular formula is C20H27N3O2. The van der Waals surface area contributed by atoms with Crippen LogP contribution < -0.4 is 5.32 Å². The van der Waals surface area contributed by atoms with Crippen LogP contribution in [0.5, 0.6) is 0 Å². The number of nitrogens with zero attached hydrogens (tertiary/aromatic N) is 1.